The third-order valence-electron chi connectivity index (χ3n) is 3.92. The van der Waals surface area contributed by atoms with Crippen molar-refractivity contribution in [2.24, 2.45) is 12.8 Å². The fourth-order valence-electron chi connectivity index (χ4n) is 3.04. The number of hydrogen-bond donors (Lipinski definition) is 1. The number of nitrogens with zero attached hydrogens (tertiary/aromatic N) is 2. The molecule has 94 valence electrons. The zero-order valence-electron chi connectivity index (χ0n) is 11.0. The lowest BCUT2D eigenvalue weighted by atomic mass is 9.99. The maximum atomic E-state index is 5.85. The van der Waals surface area contributed by atoms with Gasteiger partial charge in [-0.2, -0.15) is 5.10 Å². The smallest absolute Gasteiger partial charge is 0.0675 e. The van der Waals surface area contributed by atoms with E-state index in [-0.39, 0.29) is 0 Å². The number of benzene rings is 1. The first-order valence-electron chi connectivity index (χ1n) is 6.55. The Morgan fingerprint density at radius 1 is 1.28 bits per heavy atom. The summed E-state index contributed by atoms with van der Waals surface area (Å²) in [5.41, 5.74) is 13.5. The number of hydrogen-bond acceptors (Lipinski definition) is 2. The standard InChI is InChI=1S/C15H19N3/c1-10-15(14(9-16)18(2)17-10)13-7-6-11-4-3-5-12(11)8-13/h6-8H,3-5,9,16H2,1-2H3. The highest BCUT2D eigenvalue weighted by Gasteiger charge is 2.17. The van der Waals surface area contributed by atoms with Gasteiger partial charge in [0, 0.05) is 19.2 Å². The molecule has 0 unspecified atom stereocenters. The van der Waals surface area contributed by atoms with E-state index >= 15 is 0 Å². The van der Waals surface area contributed by atoms with Gasteiger partial charge in [0.15, 0.2) is 0 Å². The minimum atomic E-state index is 0.532. The molecule has 1 aromatic carbocycles. The summed E-state index contributed by atoms with van der Waals surface area (Å²) in [6, 6.07) is 6.81. The molecule has 0 radical (unpaired) electrons. The van der Waals surface area contributed by atoms with Crippen LogP contribution in [0.3, 0.4) is 0 Å². The van der Waals surface area contributed by atoms with Crippen LogP contribution < -0.4 is 5.73 Å². The first kappa shape index (κ1) is 11.5. The Morgan fingerprint density at radius 3 is 2.83 bits per heavy atom. The van der Waals surface area contributed by atoms with Crippen LogP contribution in [0.5, 0.6) is 0 Å². The molecule has 1 aliphatic rings. The van der Waals surface area contributed by atoms with Gasteiger partial charge in [0.1, 0.15) is 0 Å². The van der Waals surface area contributed by atoms with Crippen LogP contribution in [-0.2, 0) is 26.4 Å². The van der Waals surface area contributed by atoms with Crippen LogP contribution in [-0.4, -0.2) is 9.78 Å². The molecule has 0 aliphatic heterocycles. The molecule has 2 aromatic rings. The van der Waals surface area contributed by atoms with Crippen LogP contribution >= 0.6 is 0 Å². The van der Waals surface area contributed by atoms with E-state index in [9.17, 15) is 0 Å². The van der Waals surface area contributed by atoms with Crippen molar-refractivity contribution in [2.45, 2.75) is 32.7 Å². The van der Waals surface area contributed by atoms with Crippen molar-refractivity contribution >= 4 is 0 Å². The first-order valence-corrected chi connectivity index (χ1v) is 6.55. The largest absolute Gasteiger partial charge is 0.325 e. The predicted molar refractivity (Wildman–Crippen MR) is 73.3 cm³/mol. The molecule has 0 bridgehead atoms. The zero-order valence-corrected chi connectivity index (χ0v) is 11.0. The Hall–Kier alpha value is -1.61. The second kappa shape index (κ2) is 4.25. The van der Waals surface area contributed by atoms with E-state index in [0.29, 0.717) is 6.54 Å². The molecule has 2 N–H and O–H groups in total. The summed E-state index contributed by atoms with van der Waals surface area (Å²) in [4.78, 5) is 0. The number of nitrogens with two attached hydrogens (primary N) is 1. The normalized spacial score (nSPS) is 13.9. The molecule has 1 aromatic heterocycles. The maximum absolute atomic E-state index is 5.85. The van der Waals surface area contributed by atoms with E-state index in [0.717, 1.165) is 11.4 Å². The van der Waals surface area contributed by atoms with Gasteiger partial charge < -0.3 is 5.73 Å². The summed E-state index contributed by atoms with van der Waals surface area (Å²) in [5.74, 6) is 0. The summed E-state index contributed by atoms with van der Waals surface area (Å²) < 4.78 is 1.90. The van der Waals surface area contributed by atoms with E-state index in [2.05, 4.69) is 30.2 Å². The maximum Gasteiger partial charge on any atom is 0.0675 e. The molecule has 0 saturated carbocycles. The van der Waals surface area contributed by atoms with Gasteiger partial charge in [0.2, 0.25) is 0 Å². The number of fused-ring (bicyclic) bond motifs is 1. The molecule has 0 saturated heterocycles. The van der Waals surface area contributed by atoms with Crippen molar-refractivity contribution in [1.82, 2.24) is 9.78 Å². The molecule has 3 rings (SSSR count). The number of aryl methyl sites for hydroxylation is 4. The van der Waals surface area contributed by atoms with Crippen molar-refractivity contribution in [3.63, 3.8) is 0 Å². The monoisotopic (exact) mass is 241 g/mol. The second-order valence-electron chi connectivity index (χ2n) is 5.07. The summed E-state index contributed by atoms with van der Waals surface area (Å²) in [7, 11) is 1.96. The van der Waals surface area contributed by atoms with E-state index in [1.165, 1.54) is 41.5 Å². The molecule has 0 spiro atoms. The van der Waals surface area contributed by atoms with E-state index in [4.69, 9.17) is 5.73 Å². The molecule has 3 nitrogen and oxygen atoms in total. The minimum absolute atomic E-state index is 0.532. The minimum Gasteiger partial charge on any atom is -0.325 e. The van der Waals surface area contributed by atoms with Crippen LogP contribution in [0.15, 0.2) is 18.2 Å². The van der Waals surface area contributed by atoms with Crippen molar-refractivity contribution in [1.29, 1.82) is 0 Å². The molecule has 0 fully saturated rings. The lowest BCUT2D eigenvalue weighted by Gasteiger charge is -2.07. The molecule has 1 heterocycles. The highest BCUT2D eigenvalue weighted by atomic mass is 15.3. The number of rotatable bonds is 2. The van der Waals surface area contributed by atoms with Crippen LogP contribution in [0.1, 0.15) is 28.9 Å². The van der Waals surface area contributed by atoms with Gasteiger partial charge in [0.25, 0.3) is 0 Å². The van der Waals surface area contributed by atoms with Gasteiger partial charge in [-0.05, 0) is 42.9 Å². The van der Waals surface area contributed by atoms with E-state index in [1.807, 2.05) is 11.7 Å². The van der Waals surface area contributed by atoms with Gasteiger partial charge in [-0.25, -0.2) is 0 Å². The van der Waals surface area contributed by atoms with Crippen molar-refractivity contribution in [2.75, 3.05) is 0 Å². The Morgan fingerprint density at radius 2 is 2.06 bits per heavy atom. The molecular weight excluding hydrogens is 222 g/mol. The predicted octanol–water partition coefficient (Wildman–Crippen LogP) is 2.34. The second-order valence-corrected chi connectivity index (χ2v) is 5.07. The van der Waals surface area contributed by atoms with Gasteiger partial charge >= 0.3 is 0 Å². The average molecular weight is 241 g/mol. The van der Waals surface area contributed by atoms with Crippen LogP contribution in [0.25, 0.3) is 11.1 Å². The van der Waals surface area contributed by atoms with E-state index < -0.39 is 0 Å². The van der Waals surface area contributed by atoms with Crippen LogP contribution in [0.2, 0.25) is 0 Å². The molecule has 1 aliphatic carbocycles. The lowest BCUT2D eigenvalue weighted by molar-refractivity contribution is 0.706. The third-order valence-corrected chi connectivity index (χ3v) is 3.92. The van der Waals surface area contributed by atoms with Crippen LogP contribution in [0.4, 0.5) is 0 Å². The Balaban J connectivity index is 2.15. The van der Waals surface area contributed by atoms with Crippen molar-refractivity contribution in [3.8, 4) is 11.1 Å². The van der Waals surface area contributed by atoms with Crippen molar-refractivity contribution < 1.29 is 0 Å². The fourth-order valence-corrected chi connectivity index (χ4v) is 3.04. The molecule has 3 heteroatoms. The average Bonchev–Trinajstić information content (AvgIpc) is 2.91. The SMILES string of the molecule is Cc1nn(C)c(CN)c1-c1ccc2c(c1)CCC2. The van der Waals surface area contributed by atoms with Crippen molar-refractivity contribution in [3.05, 3.63) is 40.7 Å². The van der Waals surface area contributed by atoms with Gasteiger partial charge in [-0.15, -0.1) is 0 Å². The summed E-state index contributed by atoms with van der Waals surface area (Å²) in [5, 5.41) is 4.49. The van der Waals surface area contributed by atoms with Gasteiger partial charge in [-0.3, -0.25) is 4.68 Å². The lowest BCUT2D eigenvalue weighted by Crippen LogP contribution is -2.05. The van der Waals surface area contributed by atoms with Gasteiger partial charge in [0.05, 0.1) is 11.4 Å². The quantitative estimate of drug-likeness (QED) is 0.877. The highest BCUT2D eigenvalue weighted by molar-refractivity contribution is 5.70. The topological polar surface area (TPSA) is 43.8 Å². The summed E-state index contributed by atoms with van der Waals surface area (Å²) >= 11 is 0. The molecule has 18 heavy (non-hydrogen) atoms. The zero-order chi connectivity index (χ0) is 12.7. The first-order chi connectivity index (χ1) is 8.70. The third kappa shape index (κ3) is 1.66. The Kier molecular flexibility index (Phi) is 2.71. The van der Waals surface area contributed by atoms with E-state index in [1.54, 1.807) is 0 Å². The molecule has 0 amide bonds. The summed E-state index contributed by atoms with van der Waals surface area (Å²) in [6.07, 6.45) is 3.72. The van der Waals surface area contributed by atoms with Crippen LogP contribution in [0, 0.1) is 6.92 Å². The highest BCUT2D eigenvalue weighted by Crippen LogP contribution is 2.31. The van der Waals surface area contributed by atoms with Gasteiger partial charge in [-0.1, -0.05) is 18.2 Å². The fraction of sp³-hybridized carbons (Fsp3) is 0.400. The Bertz CT molecular complexity index is 596. The molecular formula is C15H19N3. The molecule has 0 atom stereocenters. The Labute approximate surface area is 108 Å². The summed E-state index contributed by atoms with van der Waals surface area (Å²) in [6.45, 7) is 2.59. The number of aromatic nitrogens is 2.